The second kappa shape index (κ2) is 6.77. The zero-order valence-corrected chi connectivity index (χ0v) is 11.9. The van der Waals surface area contributed by atoms with Crippen LogP contribution < -0.4 is 10.6 Å². The third-order valence-electron chi connectivity index (χ3n) is 2.75. The fourth-order valence-corrected chi connectivity index (χ4v) is 2.59. The molecule has 1 rings (SSSR count). The molecule has 1 atom stereocenters. The van der Waals surface area contributed by atoms with Crippen LogP contribution in [-0.4, -0.2) is 19.0 Å². The van der Waals surface area contributed by atoms with Gasteiger partial charge in [-0.25, -0.2) is 0 Å². The molecule has 1 heterocycles. The van der Waals surface area contributed by atoms with Crippen LogP contribution in [0.3, 0.4) is 0 Å². The van der Waals surface area contributed by atoms with E-state index in [1.807, 2.05) is 0 Å². The van der Waals surface area contributed by atoms with Gasteiger partial charge in [-0.05, 0) is 36.3 Å². The van der Waals surface area contributed by atoms with Crippen LogP contribution in [0.1, 0.15) is 30.7 Å². The monoisotopic (exact) mass is 254 g/mol. The van der Waals surface area contributed by atoms with Crippen molar-refractivity contribution in [3.05, 3.63) is 21.9 Å². The number of aryl methyl sites for hydroxylation is 1. The Kier molecular flexibility index (Phi) is 5.65. The molecule has 1 aromatic heterocycles. The average Bonchev–Trinajstić information content (AvgIpc) is 2.68. The van der Waals surface area contributed by atoms with Crippen molar-refractivity contribution >= 4 is 17.2 Å². The van der Waals surface area contributed by atoms with E-state index in [1.54, 1.807) is 18.4 Å². The van der Waals surface area contributed by atoms with E-state index in [4.69, 9.17) is 0 Å². The molecule has 96 valence electrons. The SMILES string of the molecule is CNC(=O)C(CC(C)C)NCc1sccc1C. The van der Waals surface area contributed by atoms with Crippen molar-refractivity contribution in [2.75, 3.05) is 7.05 Å². The summed E-state index contributed by atoms with van der Waals surface area (Å²) in [6, 6.07) is 2.01. The smallest absolute Gasteiger partial charge is 0.236 e. The molecule has 3 nitrogen and oxygen atoms in total. The standard InChI is InChI=1S/C13H22N2OS/c1-9(2)7-11(13(16)14-4)15-8-12-10(3)5-6-17-12/h5-6,9,11,15H,7-8H2,1-4H3,(H,14,16). The molecule has 0 saturated carbocycles. The van der Waals surface area contributed by atoms with Gasteiger partial charge < -0.3 is 10.6 Å². The van der Waals surface area contributed by atoms with Crippen LogP contribution in [0.15, 0.2) is 11.4 Å². The first-order valence-corrected chi connectivity index (χ1v) is 6.90. The third-order valence-corrected chi connectivity index (χ3v) is 3.77. The molecular formula is C13H22N2OS. The number of thiophene rings is 1. The molecule has 1 amide bonds. The molecule has 0 spiro atoms. The topological polar surface area (TPSA) is 41.1 Å². The molecular weight excluding hydrogens is 232 g/mol. The Bertz CT molecular complexity index is 360. The minimum atomic E-state index is -0.0958. The number of nitrogens with one attached hydrogen (secondary N) is 2. The Labute approximate surface area is 108 Å². The van der Waals surface area contributed by atoms with Gasteiger partial charge in [-0.15, -0.1) is 11.3 Å². The third kappa shape index (κ3) is 4.48. The number of amides is 1. The summed E-state index contributed by atoms with van der Waals surface area (Å²) in [6.45, 7) is 7.14. The van der Waals surface area contributed by atoms with Crippen LogP contribution in [0.2, 0.25) is 0 Å². The fraction of sp³-hybridized carbons (Fsp3) is 0.615. The van der Waals surface area contributed by atoms with Crippen molar-refractivity contribution in [1.29, 1.82) is 0 Å². The maximum atomic E-state index is 11.7. The van der Waals surface area contributed by atoms with Crippen LogP contribution >= 0.6 is 11.3 Å². The number of carbonyl (C=O) groups excluding carboxylic acids is 1. The molecule has 0 saturated heterocycles. The Morgan fingerprint density at radius 2 is 2.18 bits per heavy atom. The number of rotatable bonds is 6. The minimum absolute atomic E-state index is 0.0768. The fourth-order valence-electron chi connectivity index (χ4n) is 1.73. The maximum Gasteiger partial charge on any atom is 0.236 e. The summed E-state index contributed by atoms with van der Waals surface area (Å²) < 4.78 is 0. The van der Waals surface area contributed by atoms with Crippen molar-refractivity contribution in [2.45, 2.75) is 39.8 Å². The molecule has 1 aromatic rings. The van der Waals surface area contributed by atoms with E-state index in [1.165, 1.54) is 10.4 Å². The van der Waals surface area contributed by atoms with Crippen molar-refractivity contribution in [1.82, 2.24) is 10.6 Å². The van der Waals surface area contributed by atoms with Gasteiger partial charge in [0.25, 0.3) is 0 Å². The number of carbonyl (C=O) groups is 1. The van der Waals surface area contributed by atoms with Crippen LogP contribution in [0.4, 0.5) is 0 Å². The number of likely N-dealkylation sites (N-methyl/N-ethyl adjacent to an activating group) is 1. The largest absolute Gasteiger partial charge is 0.358 e. The van der Waals surface area contributed by atoms with E-state index in [0.717, 1.165) is 13.0 Å². The molecule has 17 heavy (non-hydrogen) atoms. The van der Waals surface area contributed by atoms with Gasteiger partial charge in [0.2, 0.25) is 5.91 Å². The molecule has 2 N–H and O–H groups in total. The lowest BCUT2D eigenvalue weighted by Crippen LogP contribution is -2.43. The molecule has 0 fully saturated rings. The van der Waals surface area contributed by atoms with Crippen LogP contribution in [-0.2, 0) is 11.3 Å². The Morgan fingerprint density at radius 1 is 1.47 bits per heavy atom. The number of hydrogen-bond donors (Lipinski definition) is 2. The van der Waals surface area contributed by atoms with E-state index < -0.39 is 0 Å². The first-order chi connectivity index (χ1) is 8.04. The molecule has 0 radical (unpaired) electrons. The summed E-state index contributed by atoms with van der Waals surface area (Å²) in [4.78, 5) is 13.0. The Balaban J connectivity index is 2.55. The molecule has 1 unspecified atom stereocenters. The summed E-state index contributed by atoms with van der Waals surface area (Å²) >= 11 is 1.74. The zero-order valence-electron chi connectivity index (χ0n) is 11.0. The van der Waals surface area contributed by atoms with E-state index >= 15 is 0 Å². The lowest BCUT2D eigenvalue weighted by molar-refractivity contribution is -0.123. The van der Waals surface area contributed by atoms with Gasteiger partial charge in [-0.1, -0.05) is 13.8 Å². The average molecular weight is 254 g/mol. The molecule has 0 aliphatic heterocycles. The van der Waals surface area contributed by atoms with E-state index in [-0.39, 0.29) is 11.9 Å². The maximum absolute atomic E-state index is 11.7. The van der Waals surface area contributed by atoms with E-state index in [2.05, 4.69) is 42.9 Å². The number of hydrogen-bond acceptors (Lipinski definition) is 3. The molecule has 4 heteroatoms. The summed E-state index contributed by atoms with van der Waals surface area (Å²) in [5.74, 6) is 0.585. The molecule has 0 aliphatic carbocycles. The van der Waals surface area contributed by atoms with Crippen molar-refractivity contribution in [2.24, 2.45) is 5.92 Å². The lowest BCUT2D eigenvalue weighted by atomic mass is 10.0. The normalized spacial score (nSPS) is 12.8. The Hall–Kier alpha value is -0.870. The van der Waals surface area contributed by atoms with E-state index in [0.29, 0.717) is 5.92 Å². The van der Waals surface area contributed by atoms with Gasteiger partial charge in [0.1, 0.15) is 0 Å². The highest BCUT2D eigenvalue weighted by atomic mass is 32.1. The lowest BCUT2D eigenvalue weighted by Gasteiger charge is -2.19. The zero-order chi connectivity index (χ0) is 12.8. The summed E-state index contributed by atoms with van der Waals surface area (Å²) in [6.07, 6.45) is 0.865. The predicted molar refractivity (Wildman–Crippen MR) is 73.2 cm³/mol. The van der Waals surface area contributed by atoms with Gasteiger partial charge >= 0.3 is 0 Å². The Morgan fingerprint density at radius 3 is 2.65 bits per heavy atom. The summed E-state index contributed by atoms with van der Waals surface area (Å²) in [5.41, 5.74) is 1.29. The molecule has 0 aromatic carbocycles. The second-order valence-corrected chi connectivity index (χ2v) is 5.70. The minimum Gasteiger partial charge on any atom is -0.358 e. The second-order valence-electron chi connectivity index (χ2n) is 4.70. The summed E-state index contributed by atoms with van der Waals surface area (Å²) in [7, 11) is 1.69. The highest BCUT2D eigenvalue weighted by Gasteiger charge is 2.18. The predicted octanol–water partition coefficient (Wildman–Crippen LogP) is 2.31. The van der Waals surface area contributed by atoms with E-state index in [9.17, 15) is 4.79 Å². The summed E-state index contributed by atoms with van der Waals surface area (Å²) in [5, 5.41) is 8.15. The molecule has 0 aliphatic rings. The van der Waals surface area contributed by atoms with Crippen LogP contribution in [0, 0.1) is 12.8 Å². The van der Waals surface area contributed by atoms with Crippen LogP contribution in [0.5, 0.6) is 0 Å². The van der Waals surface area contributed by atoms with Crippen molar-refractivity contribution in [3.8, 4) is 0 Å². The van der Waals surface area contributed by atoms with Gasteiger partial charge in [0.05, 0.1) is 6.04 Å². The van der Waals surface area contributed by atoms with Crippen molar-refractivity contribution < 1.29 is 4.79 Å². The highest BCUT2D eigenvalue weighted by molar-refractivity contribution is 7.10. The molecule has 0 bridgehead atoms. The first-order valence-electron chi connectivity index (χ1n) is 6.02. The highest BCUT2D eigenvalue weighted by Crippen LogP contribution is 2.15. The quantitative estimate of drug-likeness (QED) is 0.818. The van der Waals surface area contributed by atoms with Crippen LogP contribution in [0.25, 0.3) is 0 Å². The van der Waals surface area contributed by atoms with Gasteiger partial charge in [0, 0.05) is 18.5 Å². The van der Waals surface area contributed by atoms with Gasteiger partial charge in [-0.2, -0.15) is 0 Å². The van der Waals surface area contributed by atoms with Crippen molar-refractivity contribution in [3.63, 3.8) is 0 Å². The first kappa shape index (κ1) is 14.2. The van der Waals surface area contributed by atoms with Gasteiger partial charge in [-0.3, -0.25) is 4.79 Å². The van der Waals surface area contributed by atoms with Gasteiger partial charge in [0.15, 0.2) is 0 Å².